The first-order chi connectivity index (χ1) is 6.83. The van der Waals surface area contributed by atoms with Crippen molar-refractivity contribution in [1.29, 1.82) is 0 Å². The molecule has 0 aromatic carbocycles. The number of aliphatic hydroxyl groups excluding tert-OH is 1. The fourth-order valence-corrected chi connectivity index (χ4v) is 1.57. The largest absolute Gasteiger partial charge is 0.395 e. The summed E-state index contributed by atoms with van der Waals surface area (Å²) in [6.45, 7) is 3.09. The summed E-state index contributed by atoms with van der Waals surface area (Å²) in [7, 11) is 0. The van der Waals surface area contributed by atoms with Gasteiger partial charge in [-0.15, -0.1) is 0 Å². The van der Waals surface area contributed by atoms with Gasteiger partial charge in [0.2, 0.25) is 0 Å². The van der Waals surface area contributed by atoms with Crippen molar-refractivity contribution in [3.05, 3.63) is 0 Å². The van der Waals surface area contributed by atoms with E-state index in [9.17, 15) is 4.79 Å². The van der Waals surface area contributed by atoms with E-state index in [1.54, 1.807) is 0 Å². The number of carbonyl (C=O) groups is 1. The lowest BCUT2D eigenvalue weighted by molar-refractivity contribution is 0.231. The fraction of sp³-hybridized carbons (Fsp3) is 0.889. The average Bonchev–Trinajstić information content (AvgIpc) is 2.25. The molecule has 5 nitrogen and oxygen atoms in total. The van der Waals surface area contributed by atoms with Gasteiger partial charge in [-0.1, -0.05) is 0 Å². The second kappa shape index (κ2) is 6.62. The van der Waals surface area contributed by atoms with Crippen LogP contribution in [0.4, 0.5) is 4.79 Å². The lowest BCUT2D eigenvalue weighted by Crippen LogP contribution is -2.42. The van der Waals surface area contributed by atoms with E-state index >= 15 is 0 Å². The quantitative estimate of drug-likeness (QED) is 0.485. The van der Waals surface area contributed by atoms with Crippen molar-refractivity contribution in [2.75, 3.05) is 32.8 Å². The molecule has 0 bridgehead atoms. The highest BCUT2D eigenvalue weighted by molar-refractivity contribution is 5.73. The van der Waals surface area contributed by atoms with Gasteiger partial charge in [0, 0.05) is 13.1 Å². The van der Waals surface area contributed by atoms with Crippen LogP contribution in [0, 0.1) is 5.92 Å². The third-order valence-corrected chi connectivity index (χ3v) is 2.35. The molecular formula is C9H19N3O2. The molecule has 1 aliphatic heterocycles. The van der Waals surface area contributed by atoms with Gasteiger partial charge in [0.25, 0.3) is 0 Å². The molecule has 82 valence electrons. The molecule has 1 unspecified atom stereocenters. The van der Waals surface area contributed by atoms with E-state index < -0.39 is 0 Å². The monoisotopic (exact) mass is 201 g/mol. The minimum atomic E-state index is -0.190. The second-order valence-electron chi connectivity index (χ2n) is 3.57. The Hall–Kier alpha value is -0.810. The Morgan fingerprint density at radius 1 is 1.50 bits per heavy atom. The Balaban J connectivity index is 2.03. The van der Waals surface area contributed by atoms with E-state index in [-0.39, 0.29) is 12.6 Å². The van der Waals surface area contributed by atoms with Crippen LogP contribution in [0.3, 0.4) is 0 Å². The highest BCUT2D eigenvalue weighted by Crippen LogP contribution is 2.07. The summed E-state index contributed by atoms with van der Waals surface area (Å²) in [5.41, 5.74) is 0. The first-order valence-corrected chi connectivity index (χ1v) is 5.16. The summed E-state index contributed by atoms with van der Waals surface area (Å²) in [6, 6.07) is -0.190. The lowest BCUT2D eigenvalue weighted by Gasteiger charge is -2.22. The Kier molecular flexibility index (Phi) is 5.32. The predicted molar refractivity (Wildman–Crippen MR) is 54.1 cm³/mol. The van der Waals surface area contributed by atoms with Crippen LogP contribution in [0.1, 0.15) is 12.8 Å². The average molecular weight is 201 g/mol. The zero-order valence-electron chi connectivity index (χ0n) is 8.38. The van der Waals surface area contributed by atoms with Crippen LogP contribution in [0.15, 0.2) is 0 Å². The molecule has 5 heteroatoms. The van der Waals surface area contributed by atoms with Gasteiger partial charge in [-0.3, -0.25) is 0 Å². The zero-order chi connectivity index (χ0) is 10.2. The van der Waals surface area contributed by atoms with Crippen molar-refractivity contribution in [3.8, 4) is 0 Å². The maximum absolute atomic E-state index is 11.1. The summed E-state index contributed by atoms with van der Waals surface area (Å²) in [4.78, 5) is 11.1. The standard InChI is InChI=1S/C9H19N3O2/c13-5-4-11-9(14)12-7-8-2-1-3-10-6-8/h8,10,13H,1-7H2,(H2,11,12,14). The molecule has 1 rings (SSSR count). The van der Waals surface area contributed by atoms with Gasteiger partial charge >= 0.3 is 6.03 Å². The number of rotatable bonds is 4. The summed E-state index contributed by atoms with van der Waals surface area (Å²) >= 11 is 0. The number of aliphatic hydroxyl groups is 1. The maximum atomic E-state index is 11.1. The third-order valence-electron chi connectivity index (χ3n) is 2.35. The van der Waals surface area contributed by atoms with Crippen LogP contribution in [0.2, 0.25) is 0 Å². The van der Waals surface area contributed by atoms with Crippen molar-refractivity contribution in [2.24, 2.45) is 5.92 Å². The molecule has 1 saturated heterocycles. The highest BCUT2D eigenvalue weighted by Gasteiger charge is 2.13. The maximum Gasteiger partial charge on any atom is 0.314 e. The van der Waals surface area contributed by atoms with Crippen molar-refractivity contribution < 1.29 is 9.90 Å². The SMILES string of the molecule is O=C(NCCO)NCC1CCCNC1. The van der Waals surface area contributed by atoms with Gasteiger partial charge < -0.3 is 21.1 Å². The summed E-state index contributed by atoms with van der Waals surface area (Å²) in [5.74, 6) is 0.545. The van der Waals surface area contributed by atoms with Crippen LogP contribution >= 0.6 is 0 Å². The van der Waals surface area contributed by atoms with E-state index in [0.717, 1.165) is 13.1 Å². The van der Waals surface area contributed by atoms with E-state index in [2.05, 4.69) is 16.0 Å². The molecule has 1 fully saturated rings. The normalized spacial score (nSPS) is 21.6. The second-order valence-corrected chi connectivity index (χ2v) is 3.57. The van der Waals surface area contributed by atoms with Gasteiger partial charge in [-0.25, -0.2) is 4.79 Å². The zero-order valence-corrected chi connectivity index (χ0v) is 8.38. The Morgan fingerprint density at radius 2 is 2.36 bits per heavy atom. The Morgan fingerprint density at radius 3 is 3.00 bits per heavy atom. The van der Waals surface area contributed by atoms with Crippen molar-refractivity contribution in [1.82, 2.24) is 16.0 Å². The van der Waals surface area contributed by atoms with E-state index in [1.165, 1.54) is 12.8 Å². The van der Waals surface area contributed by atoms with Gasteiger partial charge in [0.15, 0.2) is 0 Å². The Bertz CT molecular complexity index is 169. The van der Waals surface area contributed by atoms with Gasteiger partial charge in [-0.05, 0) is 31.8 Å². The van der Waals surface area contributed by atoms with E-state index in [1.807, 2.05) is 0 Å². The summed E-state index contributed by atoms with van der Waals surface area (Å²) < 4.78 is 0. The lowest BCUT2D eigenvalue weighted by atomic mass is 10.00. The predicted octanol–water partition coefficient (Wildman–Crippen LogP) is -0.722. The molecule has 0 aromatic rings. The molecule has 0 aliphatic carbocycles. The van der Waals surface area contributed by atoms with Gasteiger partial charge in [-0.2, -0.15) is 0 Å². The van der Waals surface area contributed by atoms with Crippen LogP contribution in [0.5, 0.6) is 0 Å². The molecule has 1 atom stereocenters. The van der Waals surface area contributed by atoms with Crippen LogP contribution < -0.4 is 16.0 Å². The molecule has 0 saturated carbocycles. The number of hydrogen-bond acceptors (Lipinski definition) is 3. The van der Waals surface area contributed by atoms with Crippen molar-refractivity contribution in [2.45, 2.75) is 12.8 Å². The minimum absolute atomic E-state index is 0.0155. The highest BCUT2D eigenvalue weighted by atomic mass is 16.3. The molecule has 0 radical (unpaired) electrons. The van der Waals surface area contributed by atoms with Crippen molar-refractivity contribution in [3.63, 3.8) is 0 Å². The van der Waals surface area contributed by atoms with E-state index in [4.69, 9.17) is 5.11 Å². The number of hydrogen-bond donors (Lipinski definition) is 4. The fourth-order valence-electron chi connectivity index (χ4n) is 1.57. The van der Waals surface area contributed by atoms with Gasteiger partial charge in [0.05, 0.1) is 6.61 Å². The smallest absolute Gasteiger partial charge is 0.314 e. The molecule has 2 amide bonds. The number of piperidine rings is 1. The molecule has 4 N–H and O–H groups in total. The van der Waals surface area contributed by atoms with Gasteiger partial charge in [0.1, 0.15) is 0 Å². The first-order valence-electron chi connectivity index (χ1n) is 5.16. The number of nitrogens with one attached hydrogen (secondary N) is 3. The molecule has 1 heterocycles. The number of carbonyl (C=O) groups excluding carboxylic acids is 1. The molecule has 0 aromatic heterocycles. The third kappa shape index (κ3) is 4.43. The molecule has 1 aliphatic rings. The minimum Gasteiger partial charge on any atom is -0.395 e. The topological polar surface area (TPSA) is 73.4 Å². The number of amides is 2. The molecule has 0 spiro atoms. The summed E-state index contributed by atoms with van der Waals surface area (Å²) in [6.07, 6.45) is 2.36. The van der Waals surface area contributed by atoms with Crippen LogP contribution in [-0.2, 0) is 0 Å². The van der Waals surface area contributed by atoms with E-state index in [0.29, 0.717) is 19.0 Å². The number of urea groups is 1. The van der Waals surface area contributed by atoms with Crippen LogP contribution in [0.25, 0.3) is 0 Å². The Labute approximate surface area is 84.3 Å². The van der Waals surface area contributed by atoms with Crippen molar-refractivity contribution >= 4 is 6.03 Å². The van der Waals surface area contributed by atoms with Crippen LogP contribution in [-0.4, -0.2) is 43.9 Å². The summed E-state index contributed by atoms with van der Waals surface area (Å²) in [5, 5.41) is 17.1. The molecular weight excluding hydrogens is 182 g/mol. The first kappa shape index (κ1) is 11.3. The molecule has 14 heavy (non-hydrogen) atoms.